The molecule has 4 rings (SSSR count). The van der Waals surface area contributed by atoms with Gasteiger partial charge in [0.1, 0.15) is 15.4 Å². The Balaban J connectivity index is 1.50. The van der Waals surface area contributed by atoms with E-state index >= 15 is 0 Å². The number of fused-ring (bicyclic) bond motifs is 1. The minimum atomic E-state index is -0.534. The minimum absolute atomic E-state index is 0.0979. The lowest BCUT2D eigenvalue weighted by molar-refractivity contribution is -0.116. The van der Waals surface area contributed by atoms with Gasteiger partial charge in [-0.2, -0.15) is 0 Å². The van der Waals surface area contributed by atoms with Gasteiger partial charge in [-0.1, -0.05) is 23.5 Å². The Bertz CT molecular complexity index is 1290. The zero-order chi connectivity index (χ0) is 20.4. The van der Waals surface area contributed by atoms with E-state index in [-0.39, 0.29) is 18.9 Å². The Morgan fingerprint density at radius 3 is 2.90 bits per heavy atom. The van der Waals surface area contributed by atoms with E-state index in [0.717, 1.165) is 26.5 Å². The van der Waals surface area contributed by atoms with Crippen molar-refractivity contribution < 1.29 is 4.79 Å². The quantitative estimate of drug-likeness (QED) is 0.528. The molecule has 1 aromatic carbocycles. The van der Waals surface area contributed by atoms with Crippen LogP contribution in [0.1, 0.15) is 12.0 Å². The van der Waals surface area contributed by atoms with Crippen LogP contribution in [0.3, 0.4) is 0 Å². The summed E-state index contributed by atoms with van der Waals surface area (Å²) in [5, 5.41) is 3.72. The third kappa shape index (κ3) is 4.14. The fraction of sp³-hybridized carbons (Fsp3) is 0.150. The van der Waals surface area contributed by atoms with E-state index in [1.54, 1.807) is 6.20 Å². The van der Waals surface area contributed by atoms with E-state index < -0.39 is 11.2 Å². The number of hydrogen-bond donors (Lipinski definition) is 2. The van der Waals surface area contributed by atoms with Gasteiger partial charge in [-0.3, -0.25) is 14.6 Å². The highest BCUT2D eigenvalue weighted by Gasteiger charge is 2.11. The SMILES string of the molecule is Cc1ccc(-c2nc3cccnc3s2)cc1NC(=O)CCn1ccc(=O)[nH]c1=O. The summed E-state index contributed by atoms with van der Waals surface area (Å²) in [4.78, 5) is 47.1. The molecule has 9 heteroatoms. The first-order valence-corrected chi connectivity index (χ1v) is 9.73. The van der Waals surface area contributed by atoms with Gasteiger partial charge in [-0.15, -0.1) is 0 Å². The van der Waals surface area contributed by atoms with Crippen molar-refractivity contribution in [3.8, 4) is 10.6 Å². The van der Waals surface area contributed by atoms with Gasteiger partial charge in [0.05, 0.1) is 0 Å². The third-order valence-electron chi connectivity index (χ3n) is 4.40. The highest BCUT2D eigenvalue weighted by molar-refractivity contribution is 7.21. The molecular weight excluding hydrogens is 390 g/mol. The third-order valence-corrected chi connectivity index (χ3v) is 5.43. The number of H-pyrrole nitrogens is 1. The fourth-order valence-corrected chi connectivity index (χ4v) is 3.74. The van der Waals surface area contributed by atoms with E-state index in [2.05, 4.69) is 20.3 Å². The summed E-state index contributed by atoms with van der Waals surface area (Å²) < 4.78 is 1.29. The van der Waals surface area contributed by atoms with Crippen molar-refractivity contribution in [3.63, 3.8) is 0 Å². The van der Waals surface area contributed by atoms with Gasteiger partial charge >= 0.3 is 5.69 Å². The molecule has 3 heterocycles. The number of carbonyl (C=O) groups is 1. The molecule has 0 saturated carbocycles. The second-order valence-corrected chi connectivity index (χ2v) is 7.46. The molecule has 0 aliphatic rings. The Labute approximate surface area is 168 Å². The number of pyridine rings is 1. The smallest absolute Gasteiger partial charge is 0.326 e. The Morgan fingerprint density at radius 1 is 1.24 bits per heavy atom. The average Bonchev–Trinajstić information content (AvgIpc) is 3.13. The first kappa shape index (κ1) is 18.8. The number of aryl methyl sites for hydroxylation is 2. The molecule has 0 bridgehead atoms. The van der Waals surface area contributed by atoms with Crippen molar-refractivity contribution in [2.75, 3.05) is 5.32 Å². The van der Waals surface area contributed by atoms with Gasteiger partial charge < -0.3 is 9.88 Å². The van der Waals surface area contributed by atoms with Crippen LogP contribution in [-0.2, 0) is 11.3 Å². The van der Waals surface area contributed by atoms with E-state index in [1.165, 1.54) is 28.2 Å². The molecule has 29 heavy (non-hydrogen) atoms. The summed E-state index contributed by atoms with van der Waals surface area (Å²) in [6.07, 6.45) is 3.21. The number of aromatic amines is 1. The van der Waals surface area contributed by atoms with Crippen LogP contribution in [0.5, 0.6) is 0 Å². The Hall–Kier alpha value is -3.59. The largest absolute Gasteiger partial charge is 0.328 e. The molecule has 0 fully saturated rings. The van der Waals surface area contributed by atoms with Gasteiger partial charge in [0.25, 0.3) is 5.56 Å². The molecule has 2 N–H and O–H groups in total. The van der Waals surface area contributed by atoms with Crippen molar-refractivity contribution in [3.05, 3.63) is 75.2 Å². The van der Waals surface area contributed by atoms with Crippen LogP contribution in [0.2, 0.25) is 0 Å². The lowest BCUT2D eigenvalue weighted by Gasteiger charge is -2.10. The fourth-order valence-electron chi connectivity index (χ4n) is 2.84. The monoisotopic (exact) mass is 407 g/mol. The molecule has 0 atom stereocenters. The predicted octanol–water partition coefficient (Wildman–Crippen LogP) is 2.55. The van der Waals surface area contributed by atoms with E-state index in [4.69, 9.17) is 0 Å². The number of aromatic nitrogens is 4. The maximum atomic E-state index is 12.4. The molecule has 0 spiro atoms. The molecule has 4 aromatic rings. The topological polar surface area (TPSA) is 110 Å². The summed E-state index contributed by atoms with van der Waals surface area (Å²) >= 11 is 1.49. The average molecular weight is 407 g/mol. The highest BCUT2D eigenvalue weighted by atomic mass is 32.1. The van der Waals surface area contributed by atoms with Crippen molar-refractivity contribution >= 4 is 33.3 Å². The molecule has 1 amide bonds. The van der Waals surface area contributed by atoms with Crippen molar-refractivity contribution in [2.45, 2.75) is 19.9 Å². The van der Waals surface area contributed by atoms with Gasteiger partial charge in [0, 0.05) is 42.7 Å². The standard InChI is InChI=1S/C20H17N5O3S/c1-12-4-5-13(18-23-14-3-2-8-21-19(14)29-18)11-15(12)22-16(26)6-9-25-10-7-17(27)24-20(25)28/h2-5,7-8,10-11H,6,9H2,1H3,(H,22,26)(H,24,27,28). The Kier molecular flexibility index (Phi) is 5.05. The van der Waals surface area contributed by atoms with Crippen LogP contribution in [0.15, 0.2) is 58.4 Å². The lowest BCUT2D eigenvalue weighted by Crippen LogP contribution is -2.29. The number of rotatable bonds is 5. The minimum Gasteiger partial charge on any atom is -0.326 e. The maximum Gasteiger partial charge on any atom is 0.328 e. The first-order valence-electron chi connectivity index (χ1n) is 8.92. The number of thiazole rings is 1. The van der Waals surface area contributed by atoms with E-state index in [9.17, 15) is 14.4 Å². The van der Waals surface area contributed by atoms with Crippen molar-refractivity contribution in [1.82, 2.24) is 19.5 Å². The second kappa shape index (κ2) is 7.80. The van der Waals surface area contributed by atoms with Gasteiger partial charge in [-0.05, 0) is 30.7 Å². The highest BCUT2D eigenvalue weighted by Crippen LogP contribution is 2.31. The first-order chi connectivity index (χ1) is 14.0. The predicted molar refractivity (Wildman–Crippen MR) is 112 cm³/mol. The van der Waals surface area contributed by atoms with Crippen LogP contribution in [-0.4, -0.2) is 25.4 Å². The number of nitrogens with zero attached hydrogens (tertiary/aromatic N) is 3. The summed E-state index contributed by atoms with van der Waals surface area (Å²) in [5.41, 5.74) is 2.34. The zero-order valence-electron chi connectivity index (χ0n) is 15.5. The summed E-state index contributed by atoms with van der Waals surface area (Å²) in [5.74, 6) is -0.227. The molecule has 0 aliphatic heterocycles. The number of carbonyl (C=O) groups excluding carboxylic acids is 1. The number of amides is 1. The number of hydrogen-bond acceptors (Lipinski definition) is 6. The molecule has 146 valence electrons. The van der Waals surface area contributed by atoms with Crippen LogP contribution >= 0.6 is 11.3 Å². The van der Waals surface area contributed by atoms with Crippen LogP contribution in [0, 0.1) is 6.92 Å². The van der Waals surface area contributed by atoms with E-state index in [1.807, 2.05) is 37.3 Å². The molecule has 0 unspecified atom stereocenters. The molecule has 0 radical (unpaired) electrons. The number of nitrogens with one attached hydrogen (secondary N) is 2. The zero-order valence-corrected chi connectivity index (χ0v) is 16.3. The molecule has 0 aliphatic carbocycles. The molecule has 8 nitrogen and oxygen atoms in total. The normalized spacial score (nSPS) is 10.9. The van der Waals surface area contributed by atoms with Crippen LogP contribution in [0.25, 0.3) is 20.9 Å². The van der Waals surface area contributed by atoms with E-state index in [0.29, 0.717) is 5.69 Å². The summed E-state index contributed by atoms with van der Waals surface area (Å²) in [6, 6.07) is 10.8. The molecule has 3 aromatic heterocycles. The number of benzene rings is 1. The number of anilines is 1. The Morgan fingerprint density at radius 2 is 2.10 bits per heavy atom. The molecular formula is C20H17N5O3S. The van der Waals surface area contributed by atoms with Gasteiger partial charge in [0.2, 0.25) is 5.91 Å². The maximum absolute atomic E-state index is 12.4. The summed E-state index contributed by atoms with van der Waals surface area (Å²) in [7, 11) is 0. The summed E-state index contributed by atoms with van der Waals surface area (Å²) in [6.45, 7) is 2.08. The van der Waals surface area contributed by atoms with Crippen molar-refractivity contribution in [2.24, 2.45) is 0 Å². The second-order valence-electron chi connectivity index (χ2n) is 6.48. The van der Waals surface area contributed by atoms with Crippen LogP contribution < -0.4 is 16.6 Å². The van der Waals surface area contributed by atoms with Crippen LogP contribution in [0.4, 0.5) is 5.69 Å². The molecule has 0 saturated heterocycles. The lowest BCUT2D eigenvalue weighted by atomic mass is 10.1. The van der Waals surface area contributed by atoms with Gasteiger partial charge in [-0.25, -0.2) is 14.8 Å². The van der Waals surface area contributed by atoms with Gasteiger partial charge in [0.15, 0.2) is 0 Å². The van der Waals surface area contributed by atoms with Crippen molar-refractivity contribution in [1.29, 1.82) is 0 Å².